The van der Waals surface area contributed by atoms with Crippen molar-refractivity contribution in [3.63, 3.8) is 0 Å². The van der Waals surface area contributed by atoms with E-state index in [2.05, 4.69) is 0 Å². The number of ether oxygens (including phenoxy) is 2. The van der Waals surface area contributed by atoms with Gasteiger partial charge in [-0.05, 0) is 12.1 Å². The second kappa shape index (κ2) is 3.90. The van der Waals surface area contributed by atoms with Crippen LogP contribution >= 0.6 is 0 Å². The Hall–Kier alpha value is -1.55. The van der Waals surface area contributed by atoms with E-state index in [4.69, 9.17) is 15.2 Å². The van der Waals surface area contributed by atoms with Crippen LogP contribution in [0.5, 0.6) is 11.5 Å². The SMILES string of the molecule is COc1cccc2c1C(=O)C(N)CCO2. The zero-order chi connectivity index (χ0) is 10.8. The lowest BCUT2D eigenvalue weighted by Crippen LogP contribution is -2.30. The normalized spacial score (nSPS) is 20.1. The number of carbonyl (C=O) groups excluding carboxylic acids is 1. The van der Waals surface area contributed by atoms with E-state index in [-0.39, 0.29) is 5.78 Å². The van der Waals surface area contributed by atoms with Gasteiger partial charge in [0.2, 0.25) is 0 Å². The molecule has 1 aliphatic heterocycles. The molecule has 1 atom stereocenters. The highest BCUT2D eigenvalue weighted by Gasteiger charge is 2.26. The van der Waals surface area contributed by atoms with E-state index in [0.29, 0.717) is 30.1 Å². The number of rotatable bonds is 1. The Morgan fingerprint density at radius 3 is 3.07 bits per heavy atom. The summed E-state index contributed by atoms with van der Waals surface area (Å²) in [7, 11) is 1.53. The summed E-state index contributed by atoms with van der Waals surface area (Å²) in [5, 5.41) is 0. The second-order valence-electron chi connectivity index (χ2n) is 3.44. The summed E-state index contributed by atoms with van der Waals surface area (Å²) in [6, 6.07) is 4.79. The summed E-state index contributed by atoms with van der Waals surface area (Å²) in [6.45, 7) is 0.465. The number of hydrogen-bond donors (Lipinski definition) is 1. The first-order valence-electron chi connectivity index (χ1n) is 4.83. The number of Topliss-reactive ketones (excluding diaryl/α,β-unsaturated/α-hetero) is 1. The summed E-state index contributed by atoms with van der Waals surface area (Å²) in [4.78, 5) is 11.9. The van der Waals surface area contributed by atoms with Crippen LogP contribution < -0.4 is 15.2 Å². The van der Waals surface area contributed by atoms with Crippen molar-refractivity contribution in [3.05, 3.63) is 23.8 Å². The number of ketones is 1. The molecule has 0 saturated heterocycles. The van der Waals surface area contributed by atoms with Crippen LogP contribution in [-0.4, -0.2) is 25.5 Å². The zero-order valence-corrected chi connectivity index (χ0v) is 8.53. The van der Waals surface area contributed by atoms with Gasteiger partial charge in [0.25, 0.3) is 0 Å². The van der Waals surface area contributed by atoms with Crippen LogP contribution in [0.15, 0.2) is 18.2 Å². The standard InChI is InChI=1S/C11H13NO3/c1-14-8-3-2-4-9-10(8)11(13)7(12)5-6-15-9/h2-4,7H,5-6,12H2,1H3. The van der Waals surface area contributed by atoms with E-state index >= 15 is 0 Å². The fourth-order valence-electron chi connectivity index (χ4n) is 1.66. The Morgan fingerprint density at radius 1 is 1.53 bits per heavy atom. The third-order valence-corrected chi connectivity index (χ3v) is 2.48. The Morgan fingerprint density at radius 2 is 2.33 bits per heavy atom. The molecule has 0 aromatic heterocycles. The van der Waals surface area contributed by atoms with Gasteiger partial charge in [0.05, 0.1) is 19.8 Å². The van der Waals surface area contributed by atoms with E-state index in [1.54, 1.807) is 18.2 Å². The Kier molecular flexibility index (Phi) is 2.60. The molecule has 80 valence electrons. The molecular weight excluding hydrogens is 194 g/mol. The fourth-order valence-corrected chi connectivity index (χ4v) is 1.66. The van der Waals surface area contributed by atoms with Gasteiger partial charge < -0.3 is 15.2 Å². The minimum atomic E-state index is -0.498. The van der Waals surface area contributed by atoms with Gasteiger partial charge in [0.15, 0.2) is 5.78 Å². The van der Waals surface area contributed by atoms with Crippen LogP contribution in [0.1, 0.15) is 16.8 Å². The zero-order valence-electron chi connectivity index (χ0n) is 8.53. The lowest BCUT2D eigenvalue weighted by atomic mass is 10.0. The van der Waals surface area contributed by atoms with E-state index in [0.717, 1.165) is 0 Å². The van der Waals surface area contributed by atoms with Crippen LogP contribution in [0.2, 0.25) is 0 Å². The summed E-state index contributed by atoms with van der Waals surface area (Å²) in [6.07, 6.45) is 0.538. The van der Waals surface area contributed by atoms with Crippen LogP contribution in [0.25, 0.3) is 0 Å². The quantitative estimate of drug-likeness (QED) is 0.745. The molecular formula is C11H13NO3. The maximum Gasteiger partial charge on any atom is 0.187 e. The molecule has 0 saturated carbocycles. The van der Waals surface area contributed by atoms with E-state index < -0.39 is 6.04 Å². The predicted octanol–water partition coefficient (Wildman–Crippen LogP) is 0.988. The molecule has 0 spiro atoms. The molecule has 0 bridgehead atoms. The molecule has 4 heteroatoms. The molecule has 1 unspecified atom stereocenters. The lowest BCUT2D eigenvalue weighted by Gasteiger charge is -2.10. The lowest BCUT2D eigenvalue weighted by molar-refractivity contribution is 0.0957. The molecule has 4 nitrogen and oxygen atoms in total. The van der Waals surface area contributed by atoms with Crippen molar-refractivity contribution in [2.45, 2.75) is 12.5 Å². The van der Waals surface area contributed by atoms with Crippen molar-refractivity contribution in [1.82, 2.24) is 0 Å². The third-order valence-electron chi connectivity index (χ3n) is 2.48. The number of nitrogens with two attached hydrogens (primary N) is 1. The van der Waals surface area contributed by atoms with Gasteiger partial charge in [-0.2, -0.15) is 0 Å². The maximum absolute atomic E-state index is 11.9. The molecule has 2 N–H and O–H groups in total. The number of hydrogen-bond acceptors (Lipinski definition) is 4. The van der Waals surface area contributed by atoms with Crippen molar-refractivity contribution in [1.29, 1.82) is 0 Å². The highest BCUT2D eigenvalue weighted by molar-refractivity contribution is 6.04. The Labute approximate surface area is 88.0 Å². The third kappa shape index (κ3) is 1.68. The molecule has 0 aliphatic carbocycles. The van der Waals surface area contributed by atoms with Gasteiger partial charge in [-0.1, -0.05) is 6.07 Å². The van der Waals surface area contributed by atoms with Crippen molar-refractivity contribution in [2.24, 2.45) is 5.73 Å². The highest BCUT2D eigenvalue weighted by atomic mass is 16.5. The minimum absolute atomic E-state index is 0.111. The molecule has 15 heavy (non-hydrogen) atoms. The van der Waals surface area contributed by atoms with E-state index in [1.807, 2.05) is 0 Å². The summed E-state index contributed by atoms with van der Waals surface area (Å²) >= 11 is 0. The van der Waals surface area contributed by atoms with E-state index in [9.17, 15) is 4.79 Å². The van der Waals surface area contributed by atoms with Gasteiger partial charge in [-0.3, -0.25) is 4.79 Å². The van der Waals surface area contributed by atoms with Gasteiger partial charge in [0, 0.05) is 6.42 Å². The summed E-state index contributed by atoms with van der Waals surface area (Å²) < 4.78 is 10.6. The highest BCUT2D eigenvalue weighted by Crippen LogP contribution is 2.31. The van der Waals surface area contributed by atoms with Crippen molar-refractivity contribution in [3.8, 4) is 11.5 Å². The number of carbonyl (C=O) groups is 1. The molecule has 0 fully saturated rings. The predicted molar refractivity (Wildman–Crippen MR) is 55.4 cm³/mol. The van der Waals surface area contributed by atoms with Crippen LogP contribution in [0.4, 0.5) is 0 Å². The molecule has 2 rings (SSSR count). The summed E-state index contributed by atoms with van der Waals surface area (Å²) in [5.41, 5.74) is 6.19. The fraction of sp³-hybridized carbons (Fsp3) is 0.364. The first-order valence-corrected chi connectivity index (χ1v) is 4.83. The van der Waals surface area contributed by atoms with Crippen molar-refractivity contribution in [2.75, 3.05) is 13.7 Å². The first-order chi connectivity index (χ1) is 7.24. The van der Waals surface area contributed by atoms with Crippen LogP contribution in [0.3, 0.4) is 0 Å². The van der Waals surface area contributed by atoms with Gasteiger partial charge in [-0.25, -0.2) is 0 Å². The Balaban J connectivity index is 2.54. The van der Waals surface area contributed by atoms with E-state index in [1.165, 1.54) is 7.11 Å². The molecule has 1 aliphatic rings. The average Bonchev–Trinajstić information content (AvgIpc) is 2.40. The van der Waals surface area contributed by atoms with Crippen molar-refractivity contribution < 1.29 is 14.3 Å². The van der Waals surface area contributed by atoms with Crippen LogP contribution in [0, 0.1) is 0 Å². The van der Waals surface area contributed by atoms with Gasteiger partial charge in [0.1, 0.15) is 17.1 Å². The molecule has 0 radical (unpaired) electrons. The Bertz CT molecular complexity index is 389. The molecule has 1 heterocycles. The number of methoxy groups -OCH3 is 1. The molecule has 0 amide bonds. The van der Waals surface area contributed by atoms with Gasteiger partial charge >= 0.3 is 0 Å². The van der Waals surface area contributed by atoms with Crippen molar-refractivity contribution >= 4 is 5.78 Å². The minimum Gasteiger partial charge on any atom is -0.496 e. The maximum atomic E-state index is 11.9. The number of fused-ring (bicyclic) bond motifs is 1. The smallest absolute Gasteiger partial charge is 0.187 e. The summed E-state index contributed by atoms with van der Waals surface area (Å²) in [5.74, 6) is 0.974. The largest absolute Gasteiger partial charge is 0.496 e. The second-order valence-corrected chi connectivity index (χ2v) is 3.44. The monoisotopic (exact) mass is 207 g/mol. The van der Waals surface area contributed by atoms with Gasteiger partial charge in [-0.15, -0.1) is 0 Å². The molecule has 1 aromatic rings. The average molecular weight is 207 g/mol. The van der Waals surface area contributed by atoms with Crippen LogP contribution in [-0.2, 0) is 0 Å². The number of benzene rings is 1. The molecule has 1 aromatic carbocycles. The first kappa shape index (κ1) is 9.98. The topological polar surface area (TPSA) is 61.5 Å².